The van der Waals surface area contributed by atoms with Gasteiger partial charge in [-0.25, -0.2) is 8.99 Å². The van der Waals surface area contributed by atoms with E-state index in [1.807, 2.05) is 0 Å². The van der Waals surface area contributed by atoms with E-state index >= 15 is 0 Å². The van der Waals surface area contributed by atoms with Crippen LogP contribution in [0.2, 0.25) is 5.02 Å². The molecule has 0 heterocycles. The van der Waals surface area contributed by atoms with E-state index in [-0.39, 0.29) is 4.90 Å². The van der Waals surface area contributed by atoms with Crippen LogP contribution in [0.5, 0.6) is 0 Å². The SMILES string of the molecule is N=S(=O)(Cl)c1ccc(Cl)cc1. The molecule has 0 radical (unpaired) electrons. The monoisotopic (exact) mass is 209 g/mol. The van der Waals surface area contributed by atoms with Crippen molar-refractivity contribution in [2.45, 2.75) is 4.90 Å². The van der Waals surface area contributed by atoms with Gasteiger partial charge in [-0.2, -0.15) is 0 Å². The number of nitrogens with one attached hydrogen (secondary N) is 1. The summed E-state index contributed by atoms with van der Waals surface area (Å²) in [5.74, 6) is 0. The highest BCUT2D eigenvalue weighted by Crippen LogP contribution is 2.17. The van der Waals surface area contributed by atoms with Gasteiger partial charge in [-0.05, 0) is 24.3 Å². The van der Waals surface area contributed by atoms with E-state index in [9.17, 15) is 4.21 Å². The summed E-state index contributed by atoms with van der Waals surface area (Å²) in [6, 6.07) is 6.05. The molecule has 0 fully saturated rings. The molecule has 0 amide bonds. The van der Waals surface area contributed by atoms with Crippen LogP contribution in [0.3, 0.4) is 0 Å². The fraction of sp³-hybridized carbons (Fsp3) is 0. The molecular formula is C6H5Cl2NOS. The molecule has 0 spiro atoms. The van der Waals surface area contributed by atoms with E-state index in [0.29, 0.717) is 5.02 Å². The van der Waals surface area contributed by atoms with Gasteiger partial charge in [-0.3, -0.25) is 0 Å². The minimum atomic E-state index is -3.11. The molecule has 0 aliphatic heterocycles. The van der Waals surface area contributed by atoms with Gasteiger partial charge in [0.1, 0.15) is 0 Å². The van der Waals surface area contributed by atoms with E-state index in [2.05, 4.69) is 0 Å². The van der Waals surface area contributed by atoms with Gasteiger partial charge < -0.3 is 0 Å². The standard InChI is InChI=1S/C6H5Cl2NOS/c7-5-1-3-6(4-2-5)11(8,9)10/h1-4,9H. The quantitative estimate of drug-likeness (QED) is 0.711. The van der Waals surface area contributed by atoms with Gasteiger partial charge in [0.25, 0.3) is 0 Å². The Morgan fingerprint density at radius 2 is 1.73 bits per heavy atom. The van der Waals surface area contributed by atoms with Crippen molar-refractivity contribution in [3.05, 3.63) is 29.3 Å². The molecular weight excluding hydrogens is 205 g/mol. The molecule has 0 saturated carbocycles. The highest BCUT2D eigenvalue weighted by atomic mass is 35.7. The normalized spacial score (nSPS) is 15.8. The Kier molecular flexibility index (Phi) is 2.42. The molecule has 0 aliphatic carbocycles. The van der Waals surface area contributed by atoms with Gasteiger partial charge in [0.15, 0.2) is 8.94 Å². The van der Waals surface area contributed by atoms with Gasteiger partial charge in [0.05, 0.1) is 4.90 Å². The maximum atomic E-state index is 10.9. The molecule has 1 unspecified atom stereocenters. The van der Waals surface area contributed by atoms with E-state index in [0.717, 1.165) is 0 Å². The Morgan fingerprint density at radius 3 is 2.09 bits per heavy atom. The first-order valence-electron chi connectivity index (χ1n) is 2.74. The minimum Gasteiger partial charge on any atom is -0.236 e. The first-order valence-corrected chi connectivity index (χ1v) is 5.50. The average Bonchev–Trinajstić information content (AvgIpc) is 1.86. The minimum absolute atomic E-state index is 0.281. The van der Waals surface area contributed by atoms with Crippen molar-refractivity contribution in [3.63, 3.8) is 0 Å². The number of benzene rings is 1. The third-order valence-corrected chi connectivity index (χ3v) is 2.78. The van der Waals surface area contributed by atoms with Crippen LogP contribution in [0.1, 0.15) is 0 Å². The van der Waals surface area contributed by atoms with Crippen LogP contribution in [0.15, 0.2) is 29.2 Å². The van der Waals surface area contributed by atoms with Crippen molar-refractivity contribution in [2.75, 3.05) is 0 Å². The molecule has 11 heavy (non-hydrogen) atoms. The second-order valence-corrected chi connectivity index (χ2v) is 5.12. The lowest BCUT2D eigenvalue weighted by Crippen LogP contribution is -1.86. The van der Waals surface area contributed by atoms with Crippen LogP contribution in [0, 0.1) is 4.78 Å². The molecule has 2 nitrogen and oxygen atoms in total. The number of rotatable bonds is 1. The first-order chi connectivity index (χ1) is 5.00. The molecule has 0 aliphatic rings. The lowest BCUT2D eigenvalue weighted by Gasteiger charge is -1.96. The third-order valence-electron chi connectivity index (χ3n) is 1.12. The number of hydrogen-bond acceptors (Lipinski definition) is 2. The second-order valence-electron chi connectivity index (χ2n) is 1.94. The summed E-state index contributed by atoms with van der Waals surface area (Å²) in [5, 5.41) is 0.536. The lowest BCUT2D eigenvalue weighted by atomic mass is 10.4. The summed E-state index contributed by atoms with van der Waals surface area (Å²) in [5.41, 5.74) is 0. The molecule has 1 atom stereocenters. The molecule has 1 aromatic rings. The Hall–Kier alpha value is -0.250. The van der Waals surface area contributed by atoms with Crippen molar-refractivity contribution in [1.29, 1.82) is 4.78 Å². The van der Waals surface area contributed by atoms with Gasteiger partial charge in [-0.1, -0.05) is 11.6 Å². The number of hydrogen-bond donors (Lipinski definition) is 1. The summed E-state index contributed by atoms with van der Waals surface area (Å²) in [7, 11) is 2.16. The van der Waals surface area contributed by atoms with Crippen LogP contribution in [0.4, 0.5) is 0 Å². The predicted molar refractivity (Wildman–Crippen MR) is 46.4 cm³/mol. The third kappa shape index (κ3) is 2.36. The summed E-state index contributed by atoms with van der Waals surface area (Å²) >= 11 is 5.56. The maximum absolute atomic E-state index is 10.9. The highest BCUT2D eigenvalue weighted by molar-refractivity contribution is 8.14. The molecule has 0 saturated heterocycles. The summed E-state index contributed by atoms with van der Waals surface area (Å²) < 4.78 is 17.9. The van der Waals surface area contributed by atoms with Crippen LogP contribution in [-0.4, -0.2) is 4.21 Å². The fourth-order valence-electron chi connectivity index (χ4n) is 0.610. The molecule has 60 valence electrons. The number of halogens is 2. The van der Waals surface area contributed by atoms with Crippen LogP contribution in [0.25, 0.3) is 0 Å². The van der Waals surface area contributed by atoms with Crippen molar-refractivity contribution >= 4 is 31.2 Å². The smallest absolute Gasteiger partial charge is 0.156 e. The van der Waals surface area contributed by atoms with Crippen molar-refractivity contribution < 1.29 is 4.21 Å². The fourth-order valence-corrected chi connectivity index (χ4v) is 1.53. The average molecular weight is 210 g/mol. The summed E-state index contributed by atoms with van der Waals surface area (Å²) in [6.45, 7) is 0. The van der Waals surface area contributed by atoms with Gasteiger partial charge in [0.2, 0.25) is 0 Å². The van der Waals surface area contributed by atoms with Crippen molar-refractivity contribution in [2.24, 2.45) is 0 Å². The van der Waals surface area contributed by atoms with E-state index < -0.39 is 8.94 Å². The van der Waals surface area contributed by atoms with Crippen LogP contribution < -0.4 is 0 Å². The van der Waals surface area contributed by atoms with Gasteiger partial charge in [-0.15, -0.1) is 0 Å². The van der Waals surface area contributed by atoms with Gasteiger partial charge in [0, 0.05) is 15.7 Å². The van der Waals surface area contributed by atoms with Crippen LogP contribution in [-0.2, 0) is 8.94 Å². The highest BCUT2D eigenvalue weighted by Gasteiger charge is 2.03. The Morgan fingerprint density at radius 1 is 1.27 bits per heavy atom. The molecule has 0 aromatic heterocycles. The van der Waals surface area contributed by atoms with Gasteiger partial charge >= 0.3 is 0 Å². The van der Waals surface area contributed by atoms with E-state index in [1.54, 1.807) is 12.1 Å². The summed E-state index contributed by atoms with van der Waals surface area (Å²) in [6.07, 6.45) is 0. The zero-order chi connectivity index (χ0) is 8.48. The maximum Gasteiger partial charge on any atom is 0.156 e. The van der Waals surface area contributed by atoms with Crippen molar-refractivity contribution in [1.82, 2.24) is 0 Å². The Labute approximate surface area is 74.6 Å². The molecule has 0 bridgehead atoms. The lowest BCUT2D eigenvalue weighted by molar-refractivity contribution is 0.684. The topological polar surface area (TPSA) is 40.9 Å². The van der Waals surface area contributed by atoms with E-state index in [4.69, 9.17) is 27.1 Å². The largest absolute Gasteiger partial charge is 0.236 e. The zero-order valence-electron chi connectivity index (χ0n) is 5.38. The Bertz CT molecular complexity index is 343. The van der Waals surface area contributed by atoms with Crippen LogP contribution >= 0.6 is 22.3 Å². The Balaban J connectivity index is 3.20. The molecule has 1 N–H and O–H groups in total. The van der Waals surface area contributed by atoms with E-state index in [1.165, 1.54) is 12.1 Å². The van der Waals surface area contributed by atoms with Crippen molar-refractivity contribution in [3.8, 4) is 0 Å². The second kappa shape index (κ2) is 3.01. The molecule has 1 rings (SSSR count). The predicted octanol–water partition coefficient (Wildman–Crippen LogP) is 2.90. The summed E-state index contributed by atoms with van der Waals surface area (Å²) in [4.78, 5) is 0.281. The molecule has 5 heteroatoms. The molecule has 1 aromatic carbocycles. The first kappa shape index (κ1) is 8.84. The zero-order valence-corrected chi connectivity index (χ0v) is 7.71.